The minimum absolute atomic E-state index is 0. The first-order chi connectivity index (χ1) is 8.97. The van der Waals surface area contributed by atoms with Crippen molar-refractivity contribution in [1.82, 2.24) is 9.80 Å². The molecule has 0 saturated heterocycles. The maximum absolute atomic E-state index is 5.41. The van der Waals surface area contributed by atoms with Crippen molar-refractivity contribution in [3.63, 3.8) is 0 Å². The summed E-state index contributed by atoms with van der Waals surface area (Å²) < 4.78 is 6.40. The fourth-order valence-electron chi connectivity index (χ4n) is 1.94. The van der Waals surface area contributed by atoms with Gasteiger partial charge in [0.25, 0.3) is 0 Å². The average Bonchev–Trinajstić information content (AvgIpc) is 2.33. The van der Waals surface area contributed by atoms with E-state index in [1.54, 1.807) is 7.11 Å². The van der Waals surface area contributed by atoms with Gasteiger partial charge in [0.2, 0.25) is 0 Å². The molecule has 114 valence electrons. The van der Waals surface area contributed by atoms with Gasteiger partial charge in [-0.3, -0.25) is 4.99 Å². The van der Waals surface area contributed by atoms with Crippen molar-refractivity contribution in [2.75, 3.05) is 41.8 Å². The third-order valence-electron chi connectivity index (χ3n) is 2.69. The Bertz CT molecular complexity index is 440. The second-order valence-electron chi connectivity index (χ2n) is 4.65. The number of ether oxygens (including phenoxy) is 1. The maximum atomic E-state index is 5.41. The van der Waals surface area contributed by atoms with E-state index in [1.165, 1.54) is 0 Å². The summed E-state index contributed by atoms with van der Waals surface area (Å²) >= 11 is 3.50. The third kappa shape index (κ3) is 5.47. The van der Waals surface area contributed by atoms with Crippen LogP contribution >= 0.6 is 39.9 Å². The first-order valence-electron chi connectivity index (χ1n) is 6.17. The molecule has 0 unspecified atom stereocenters. The summed E-state index contributed by atoms with van der Waals surface area (Å²) in [6, 6.07) is 6.07. The summed E-state index contributed by atoms with van der Waals surface area (Å²) in [5.41, 5.74) is 1.16. The van der Waals surface area contributed by atoms with E-state index >= 15 is 0 Å². The molecular formula is C14H23BrIN3O. The Morgan fingerprint density at radius 2 is 1.80 bits per heavy atom. The average molecular weight is 456 g/mol. The van der Waals surface area contributed by atoms with Crippen LogP contribution < -0.4 is 4.74 Å². The number of halogens is 2. The Labute approximate surface area is 147 Å². The van der Waals surface area contributed by atoms with Crippen molar-refractivity contribution in [1.29, 1.82) is 0 Å². The maximum Gasteiger partial charge on any atom is 0.195 e. The summed E-state index contributed by atoms with van der Waals surface area (Å²) in [4.78, 5) is 8.64. The quantitative estimate of drug-likeness (QED) is 0.396. The Kier molecular flexibility index (Phi) is 9.20. The standard InChI is InChI=1S/C14H22BrN3O.HI/c1-17(2)14(18(3)4)16-10-9-11-7-6-8-12(15)13(11)19-5;/h6-8H,9-10H2,1-5H3;1H. The molecule has 1 aromatic rings. The molecule has 0 aliphatic heterocycles. The molecule has 4 nitrogen and oxygen atoms in total. The highest BCUT2D eigenvalue weighted by Gasteiger charge is 2.07. The molecule has 1 aromatic carbocycles. The van der Waals surface area contributed by atoms with E-state index in [0.29, 0.717) is 0 Å². The number of hydrogen-bond donors (Lipinski definition) is 0. The van der Waals surface area contributed by atoms with Gasteiger partial charge in [0.05, 0.1) is 11.6 Å². The van der Waals surface area contributed by atoms with Gasteiger partial charge < -0.3 is 14.5 Å². The number of hydrogen-bond acceptors (Lipinski definition) is 2. The lowest BCUT2D eigenvalue weighted by molar-refractivity contribution is 0.407. The largest absolute Gasteiger partial charge is 0.495 e. The van der Waals surface area contributed by atoms with E-state index in [-0.39, 0.29) is 24.0 Å². The molecule has 20 heavy (non-hydrogen) atoms. The van der Waals surface area contributed by atoms with Gasteiger partial charge in [0.15, 0.2) is 5.96 Å². The van der Waals surface area contributed by atoms with Crippen LogP contribution in [-0.4, -0.2) is 57.6 Å². The minimum atomic E-state index is 0. The highest BCUT2D eigenvalue weighted by Crippen LogP contribution is 2.28. The van der Waals surface area contributed by atoms with E-state index in [4.69, 9.17) is 4.74 Å². The van der Waals surface area contributed by atoms with Crippen molar-refractivity contribution < 1.29 is 4.74 Å². The molecule has 1 rings (SSSR count). The zero-order valence-corrected chi connectivity index (χ0v) is 16.6. The van der Waals surface area contributed by atoms with E-state index in [2.05, 4.69) is 27.0 Å². The highest BCUT2D eigenvalue weighted by atomic mass is 127. The van der Waals surface area contributed by atoms with Crippen molar-refractivity contribution in [3.8, 4) is 5.75 Å². The molecule has 0 saturated carbocycles. The number of benzene rings is 1. The lowest BCUT2D eigenvalue weighted by atomic mass is 10.1. The minimum Gasteiger partial charge on any atom is -0.495 e. The van der Waals surface area contributed by atoms with Crippen molar-refractivity contribution in [2.24, 2.45) is 4.99 Å². The molecule has 0 aromatic heterocycles. The molecule has 0 fully saturated rings. The zero-order valence-electron chi connectivity index (χ0n) is 12.7. The number of rotatable bonds is 4. The van der Waals surface area contributed by atoms with E-state index < -0.39 is 0 Å². The molecular weight excluding hydrogens is 433 g/mol. The Balaban J connectivity index is 0.00000361. The predicted octanol–water partition coefficient (Wildman–Crippen LogP) is 3.10. The van der Waals surface area contributed by atoms with Crippen LogP contribution in [0.15, 0.2) is 27.7 Å². The summed E-state index contributed by atoms with van der Waals surface area (Å²) in [5, 5.41) is 0. The van der Waals surface area contributed by atoms with Gasteiger partial charge in [-0.2, -0.15) is 0 Å². The van der Waals surface area contributed by atoms with Crippen LogP contribution in [0, 0.1) is 0 Å². The molecule has 0 aliphatic carbocycles. The summed E-state index contributed by atoms with van der Waals surface area (Å²) in [6.45, 7) is 0.735. The van der Waals surface area contributed by atoms with Gasteiger partial charge in [0.1, 0.15) is 5.75 Å². The second-order valence-corrected chi connectivity index (χ2v) is 5.51. The molecule has 6 heteroatoms. The van der Waals surface area contributed by atoms with Crippen LogP contribution in [0.3, 0.4) is 0 Å². The summed E-state index contributed by atoms with van der Waals surface area (Å²) in [5.74, 6) is 1.86. The Hall–Kier alpha value is -0.500. The molecule has 0 radical (unpaired) electrons. The fourth-order valence-corrected chi connectivity index (χ4v) is 2.51. The number of guanidine groups is 1. The van der Waals surface area contributed by atoms with E-state index in [9.17, 15) is 0 Å². The highest BCUT2D eigenvalue weighted by molar-refractivity contribution is 14.0. The smallest absolute Gasteiger partial charge is 0.195 e. The second kappa shape index (κ2) is 9.44. The predicted molar refractivity (Wildman–Crippen MR) is 99.5 cm³/mol. The van der Waals surface area contributed by atoms with Gasteiger partial charge in [-0.15, -0.1) is 24.0 Å². The number of para-hydroxylation sites is 1. The van der Waals surface area contributed by atoms with E-state index in [0.717, 1.165) is 34.7 Å². The van der Waals surface area contributed by atoms with Crippen LogP contribution in [0.5, 0.6) is 5.75 Å². The van der Waals surface area contributed by atoms with Crippen LogP contribution in [0.1, 0.15) is 5.56 Å². The van der Waals surface area contributed by atoms with Gasteiger partial charge >= 0.3 is 0 Å². The number of methoxy groups -OCH3 is 1. The summed E-state index contributed by atoms with van der Waals surface area (Å²) in [6.07, 6.45) is 0.855. The topological polar surface area (TPSA) is 28.1 Å². The fraction of sp³-hybridized carbons (Fsp3) is 0.500. The first kappa shape index (κ1) is 19.5. The molecule has 0 aliphatic rings. The van der Waals surface area contributed by atoms with Crippen molar-refractivity contribution >= 4 is 45.9 Å². The molecule has 0 N–H and O–H groups in total. The lowest BCUT2D eigenvalue weighted by Crippen LogP contribution is -2.35. The molecule has 0 atom stereocenters. The summed E-state index contributed by atoms with van der Waals surface area (Å²) in [7, 11) is 9.69. The van der Waals surface area contributed by atoms with Crippen LogP contribution in [0.4, 0.5) is 0 Å². The number of nitrogens with zero attached hydrogens (tertiary/aromatic N) is 3. The van der Waals surface area contributed by atoms with Crippen LogP contribution in [-0.2, 0) is 6.42 Å². The third-order valence-corrected chi connectivity index (χ3v) is 3.31. The molecule has 0 heterocycles. The normalized spacial score (nSPS) is 9.50. The van der Waals surface area contributed by atoms with Gasteiger partial charge in [-0.1, -0.05) is 12.1 Å². The molecule has 0 amide bonds. The van der Waals surface area contributed by atoms with Crippen molar-refractivity contribution in [2.45, 2.75) is 6.42 Å². The van der Waals surface area contributed by atoms with Gasteiger partial charge in [-0.05, 0) is 34.0 Å². The van der Waals surface area contributed by atoms with Crippen molar-refractivity contribution in [3.05, 3.63) is 28.2 Å². The Morgan fingerprint density at radius 1 is 1.20 bits per heavy atom. The number of aliphatic imine (C=N–C) groups is 1. The lowest BCUT2D eigenvalue weighted by Gasteiger charge is -2.22. The monoisotopic (exact) mass is 455 g/mol. The van der Waals surface area contributed by atoms with E-state index in [1.807, 2.05) is 50.1 Å². The SMILES string of the molecule is COc1c(Br)cccc1CCN=C(N(C)C)N(C)C.I. The molecule has 0 spiro atoms. The van der Waals surface area contributed by atoms with Gasteiger partial charge in [0, 0.05) is 34.7 Å². The van der Waals surface area contributed by atoms with Crippen LogP contribution in [0.2, 0.25) is 0 Å². The zero-order chi connectivity index (χ0) is 14.4. The van der Waals surface area contributed by atoms with Gasteiger partial charge in [-0.25, -0.2) is 0 Å². The Morgan fingerprint density at radius 3 is 2.30 bits per heavy atom. The molecule has 0 bridgehead atoms. The first-order valence-corrected chi connectivity index (χ1v) is 6.97. The van der Waals surface area contributed by atoms with Crippen LogP contribution in [0.25, 0.3) is 0 Å².